The molecule has 3 heterocycles. The Hall–Kier alpha value is -3.96. The summed E-state index contributed by atoms with van der Waals surface area (Å²) in [5.41, 5.74) is 8.74. The van der Waals surface area contributed by atoms with Crippen molar-refractivity contribution in [3.05, 3.63) is 84.2 Å². The molecule has 11 heteroatoms. The summed E-state index contributed by atoms with van der Waals surface area (Å²) in [6.45, 7) is 0. The number of aromatic nitrogens is 3. The van der Waals surface area contributed by atoms with Gasteiger partial charge >= 0.3 is 5.85 Å². The number of primary amides is 1. The van der Waals surface area contributed by atoms with Gasteiger partial charge in [-0.25, -0.2) is 9.37 Å². The fourth-order valence-corrected chi connectivity index (χ4v) is 5.45. The Morgan fingerprint density at radius 2 is 2.14 bits per heavy atom. The SMILES string of the molecule is Cn1ccnc1-c1cc2nccc(OC3(F)CC=C(N(C=S)c4ccccc4CC(N)=O)C=C3F)c2s1. The van der Waals surface area contributed by atoms with Crippen LogP contribution in [0.5, 0.6) is 5.75 Å². The van der Waals surface area contributed by atoms with Crippen molar-refractivity contribution in [3.8, 4) is 16.5 Å². The first-order valence-electron chi connectivity index (χ1n) is 11.2. The maximum absolute atomic E-state index is 15.9. The number of fused-ring (bicyclic) bond motifs is 1. The number of benzene rings is 1. The smallest absolute Gasteiger partial charge is 0.303 e. The molecule has 0 spiro atoms. The normalized spacial score (nSPS) is 17.3. The Bertz CT molecular complexity index is 1580. The molecule has 4 aromatic rings. The Labute approximate surface area is 220 Å². The van der Waals surface area contributed by atoms with Gasteiger partial charge in [-0.15, -0.1) is 11.3 Å². The second-order valence-electron chi connectivity index (χ2n) is 8.40. The highest BCUT2D eigenvalue weighted by atomic mass is 32.1. The predicted molar refractivity (Wildman–Crippen MR) is 144 cm³/mol. The van der Waals surface area contributed by atoms with Gasteiger partial charge in [0.2, 0.25) is 5.91 Å². The third-order valence-electron chi connectivity index (χ3n) is 5.89. The van der Waals surface area contributed by atoms with Crippen LogP contribution < -0.4 is 15.4 Å². The van der Waals surface area contributed by atoms with E-state index in [0.717, 1.165) is 16.8 Å². The minimum atomic E-state index is -2.72. The number of hydrogen-bond acceptors (Lipinski definition) is 6. The van der Waals surface area contributed by atoms with Crippen molar-refractivity contribution >= 4 is 50.9 Å². The summed E-state index contributed by atoms with van der Waals surface area (Å²) >= 11 is 6.50. The highest BCUT2D eigenvalue weighted by molar-refractivity contribution is 7.79. The van der Waals surface area contributed by atoms with Crippen LogP contribution in [0.3, 0.4) is 0 Å². The minimum Gasteiger partial charge on any atom is -0.450 e. The zero-order valence-electron chi connectivity index (χ0n) is 19.6. The van der Waals surface area contributed by atoms with Crippen molar-refractivity contribution in [2.24, 2.45) is 12.8 Å². The second-order valence-corrected chi connectivity index (χ2v) is 9.66. The number of hydrogen-bond donors (Lipinski definition) is 1. The quantitative estimate of drug-likeness (QED) is 0.304. The van der Waals surface area contributed by atoms with Crippen molar-refractivity contribution in [2.75, 3.05) is 4.90 Å². The molecule has 1 aromatic carbocycles. The van der Waals surface area contributed by atoms with Crippen LogP contribution in [-0.4, -0.2) is 31.8 Å². The van der Waals surface area contributed by atoms with Crippen LogP contribution in [0.1, 0.15) is 12.0 Å². The topological polar surface area (TPSA) is 86.3 Å². The first-order chi connectivity index (χ1) is 17.8. The third kappa shape index (κ3) is 4.75. The van der Waals surface area contributed by atoms with E-state index in [9.17, 15) is 4.79 Å². The summed E-state index contributed by atoms with van der Waals surface area (Å²) in [6, 6.07) is 10.3. The molecule has 188 valence electrons. The number of anilines is 1. The summed E-state index contributed by atoms with van der Waals surface area (Å²) in [4.78, 5) is 22.5. The van der Waals surface area contributed by atoms with Crippen LogP contribution >= 0.6 is 23.6 Å². The van der Waals surface area contributed by atoms with Crippen molar-refractivity contribution in [3.63, 3.8) is 0 Å². The van der Waals surface area contributed by atoms with Gasteiger partial charge < -0.3 is 19.9 Å². The number of nitrogens with zero attached hydrogens (tertiary/aromatic N) is 4. The number of rotatable bonds is 8. The summed E-state index contributed by atoms with van der Waals surface area (Å²) in [6.07, 6.45) is 7.12. The molecule has 3 aromatic heterocycles. The van der Waals surface area contributed by atoms with Crippen LogP contribution in [0.4, 0.5) is 14.5 Å². The lowest BCUT2D eigenvalue weighted by molar-refractivity contribution is -0.117. The average Bonchev–Trinajstić information content (AvgIpc) is 3.49. The summed E-state index contributed by atoms with van der Waals surface area (Å²) < 4.78 is 39.3. The van der Waals surface area contributed by atoms with E-state index in [2.05, 4.69) is 9.97 Å². The molecule has 5 rings (SSSR count). The van der Waals surface area contributed by atoms with Gasteiger partial charge in [-0.05, 0) is 17.7 Å². The average molecular weight is 538 g/mol. The van der Waals surface area contributed by atoms with E-state index in [-0.39, 0.29) is 12.2 Å². The van der Waals surface area contributed by atoms with Gasteiger partial charge in [0.05, 0.1) is 32.7 Å². The van der Waals surface area contributed by atoms with Crippen LogP contribution in [0.15, 0.2) is 78.7 Å². The van der Waals surface area contributed by atoms with E-state index in [4.69, 9.17) is 22.7 Å². The number of carbonyl (C=O) groups is 1. The van der Waals surface area contributed by atoms with Gasteiger partial charge in [0.15, 0.2) is 5.83 Å². The standard InChI is InChI=1S/C26H21F2N5O2S2/c1-32-11-10-31-25(32)21-14-18-24(37-21)20(7-9-30-18)35-26(28)8-6-17(13-22(26)27)33(15-36)19-5-3-2-4-16(19)12-23(29)34/h2-7,9-11,13-15H,8,12H2,1H3,(H2,29,34). The molecule has 37 heavy (non-hydrogen) atoms. The summed E-state index contributed by atoms with van der Waals surface area (Å²) in [5, 5.41) is 0. The number of allylic oxidation sites excluding steroid dienone is 1. The number of alkyl halides is 1. The van der Waals surface area contributed by atoms with E-state index in [0.29, 0.717) is 27.2 Å². The first kappa shape index (κ1) is 24.7. The van der Waals surface area contributed by atoms with Gasteiger partial charge in [-0.1, -0.05) is 36.5 Å². The van der Waals surface area contributed by atoms with Crippen molar-refractivity contribution in [2.45, 2.75) is 18.7 Å². The Morgan fingerprint density at radius 1 is 1.32 bits per heavy atom. The molecular formula is C26H21F2N5O2S2. The van der Waals surface area contributed by atoms with Crippen LogP contribution in [0, 0.1) is 0 Å². The van der Waals surface area contributed by atoms with E-state index in [1.54, 1.807) is 30.5 Å². The molecule has 0 saturated heterocycles. The molecule has 0 radical (unpaired) electrons. The molecule has 0 saturated carbocycles. The molecule has 0 bridgehead atoms. The van der Waals surface area contributed by atoms with Gasteiger partial charge in [-0.2, -0.15) is 4.39 Å². The molecule has 1 amide bonds. The zero-order valence-corrected chi connectivity index (χ0v) is 21.2. The van der Waals surface area contributed by atoms with Crippen LogP contribution in [0.25, 0.3) is 20.9 Å². The van der Waals surface area contributed by atoms with E-state index < -0.39 is 24.0 Å². The lowest BCUT2D eigenvalue weighted by atomic mass is 10.0. The highest BCUT2D eigenvalue weighted by Gasteiger charge is 2.41. The Morgan fingerprint density at radius 3 is 2.84 bits per heavy atom. The number of imidazole rings is 1. The molecule has 1 aliphatic rings. The lowest BCUT2D eigenvalue weighted by Gasteiger charge is -2.30. The maximum atomic E-state index is 15.9. The van der Waals surface area contributed by atoms with Gasteiger partial charge in [0.25, 0.3) is 0 Å². The van der Waals surface area contributed by atoms with E-state index in [1.807, 2.05) is 23.9 Å². The highest BCUT2D eigenvalue weighted by Crippen LogP contribution is 2.42. The number of thiophene rings is 1. The lowest BCUT2D eigenvalue weighted by Crippen LogP contribution is -2.35. The zero-order chi connectivity index (χ0) is 26.2. The van der Waals surface area contributed by atoms with Crippen molar-refractivity contribution in [1.82, 2.24) is 14.5 Å². The summed E-state index contributed by atoms with van der Waals surface area (Å²) in [5.74, 6) is -3.43. The fourth-order valence-electron chi connectivity index (χ4n) is 4.11. The van der Waals surface area contributed by atoms with E-state index >= 15 is 8.78 Å². The largest absolute Gasteiger partial charge is 0.450 e. The number of halogens is 2. The van der Waals surface area contributed by atoms with Crippen LogP contribution in [0.2, 0.25) is 0 Å². The number of thiocarbonyl (C=S) groups is 1. The molecular weight excluding hydrogens is 516 g/mol. The monoisotopic (exact) mass is 537 g/mol. The minimum absolute atomic E-state index is 0.0232. The maximum Gasteiger partial charge on any atom is 0.303 e. The number of ether oxygens (including phenoxy) is 1. The Balaban J connectivity index is 1.43. The van der Waals surface area contributed by atoms with Gasteiger partial charge in [0.1, 0.15) is 11.6 Å². The van der Waals surface area contributed by atoms with Crippen LogP contribution in [-0.2, 0) is 18.3 Å². The number of aryl methyl sites for hydroxylation is 1. The van der Waals surface area contributed by atoms with Gasteiger partial charge in [0, 0.05) is 49.9 Å². The third-order valence-corrected chi connectivity index (χ3v) is 7.24. The van der Waals surface area contributed by atoms with Crippen molar-refractivity contribution in [1.29, 1.82) is 0 Å². The molecule has 1 aliphatic carbocycles. The molecule has 7 nitrogen and oxygen atoms in total. The predicted octanol–water partition coefficient (Wildman–Crippen LogP) is 5.37. The number of para-hydroxylation sites is 1. The van der Waals surface area contributed by atoms with Gasteiger partial charge in [-0.3, -0.25) is 9.78 Å². The Kier molecular flexibility index (Phi) is 6.57. The first-order valence-corrected chi connectivity index (χ1v) is 12.5. The molecule has 0 fully saturated rings. The number of amides is 1. The number of pyridine rings is 1. The van der Waals surface area contributed by atoms with E-state index in [1.165, 1.54) is 40.1 Å². The van der Waals surface area contributed by atoms with Crippen molar-refractivity contribution < 1.29 is 18.3 Å². The number of nitrogens with two attached hydrogens (primary N) is 1. The second kappa shape index (κ2) is 9.83. The molecule has 1 atom stereocenters. The fraction of sp³-hybridized carbons (Fsp3) is 0.154. The molecule has 1 unspecified atom stereocenters. The molecule has 2 N–H and O–H groups in total. The number of carbonyl (C=O) groups excluding carboxylic acids is 1. The summed E-state index contributed by atoms with van der Waals surface area (Å²) in [7, 11) is 1.87. The molecule has 0 aliphatic heterocycles.